The van der Waals surface area contributed by atoms with Gasteiger partial charge in [0.05, 0.1) is 11.6 Å². The second-order valence-electron chi connectivity index (χ2n) is 16.3. The van der Waals surface area contributed by atoms with Gasteiger partial charge in [-0.3, -0.25) is 19.2 Å². The normalized spacial score (nSPS) is 24.4. The van der Waals surface area contributed by atoms with Gasteiger partial charge in [0, 0.05) is 17.0 Å². The van der Waals surface area contributed by atoms with Gasteiger partial charge in [-0.2, -0.15) is 11.8 Å². The molecule has 1 aliphatic heterocycles. The van der Waals surface area contributed by atoms with E-state index in [1.165, 1.54) is 6.92 Å². The Morgan fingerprint density at radius 3 is 2.04 bits per heavy atom. The van der Waals surface area contributed by atoms with E-state index < -0.39 is 29.6 Å². The standard InChI is InChI=1S/C36H61N5O5S/c1-24(32(45)41-21-13-14-28(41)30(43)38-27(25(2)42)22-26-15-16-26)37-31(44)29(35(6)17-9-7-10-18-35)39-33(46)40-36(19-11-8-12-20-36)23-47-34(3,4)5/h24,26-29H,7-23H2,1-6H3,(H,37,44)(H,38,43)(H2,39,40,46)/t24-,27?,28?,29?/m0/s1. The van der Waals surface area contributed by atoms with Crippen molar-refractivity contribution in [3.8, 4) is 0 Å². The number of Topliss-reactive ketones (excluding diaryl/α,β-unsaturated/α-hetero) is 1. The van der Waals surface area contributed by atoms with Crippen LogP contribution >= 0.6 is 11.8 Å². The Kier molecular flexibility index (Phi) is 12.7. The van der Waals surface area contributed by atoms with E-state index in [1.807, 2.05) is 11.8 Å². The zero-order chi connectivity index (χ0) is 34.4. The van der Waals surface area contributed by atoms with Crippen LogP contribution in [0.1, 0.15) is 138 Å². The molecule has 1 heterocycles. The van der Waals surface area contributed by atoms with Crippen molar-refractivity contribution < 1.29 is 24.0 Å². The monoisotopic (exact) mass is 675 g/mol. The van der Waals surface area contributed by atoms with Crippen LogP contribution in [0.25, 0.3) is 0 Å². The van der Waals surface area contributed by atoms with Crippen LogP contribution in [0.15, 0.2) is 0 Å². The maximum absolute atomic E-state index is 14.0. The Hall–Kier alpha value is -2.30. The summed E-state index contributed by atoms with van der Waals surface area (Å²) in [6.45, 7) is 12.2. The minimum absolute atomic E-state index is 0.0668. The molecule has 4 aliphatic rings. The van der Waals surface area contributed by atoms with Crippen molar-refractivity contribution in [3.05, 3.63) is 0 Å². The zero-order valence-electron chi connectivity index (χ0n) is 29.8. The van der Waals surface area contributed by atoms with E-state index in [4.69, 9.17) is 0 Å². The average Bonchev–Trinajstić information content (AvgIpc) is 3.69. The van der Waals surface area contributed by atoms with Crippen LogP contribution in [0.4, 0.5) is 4.79 Å². The molecule has 0 aromatic heterocycles. The molecular formula is C36H61N5O5S. The predicted octanol–water partition coefficient (Wildman–Crippen LogP) is 5.23. The molecular weight excluding hydrogens is 614 g/mol. The van der Waals surface area contributed by atoms with Crippen molar-refractivity contribution in [1.29, 1.82) is 0 Å². The number of hydrogen-bond donors (Lipinski definition) is 4. The number of hydrogen-bond acceptors (Lipinski definition) is 6. The number of nitrogens with one attached hydrogen (secondary N) is 4. The van der Waals surface area contributed by atoms with Crippen LogP contribution in [0, 0.1) is 11.3 Å². The first-order chi connectivity index (χ1) is 22.1. The van der Waals surface area contributed by atoms with Crippen molar-refractivity contribution in [2.45, 2.75) is 172 Å². The predicted molar refractivity (Wildman–Crippen MR) is 187 cm³/mol. The molecule has 4 rings (SSSR count). The van der Waals surface area contributed by atoms with Crippen molar-refractivity contribution in [3.63, 3.8) is 0 Å². The minimum atomic E-state index is -0.876. The van der Waals surface area contributed by atoms with Gasteiger partial charge < -0.3 is 26.2 Å². The van der Waals surface area contributed by atoms with E-state index in [1.54, 1.807) is 11.8 Å². The molecule has 47 heavy (non-hydrogen) atoms. The molecule has 4 fully saturated rings. The molecule has 0 bridgehead atoms. The number of carbonyl (C=O) groups excluding carboxylic acids is 5. The van der Waals surface area contributed by atoms with Gasteiger partial charge in [0.2, 0.25) is 17.7 Å². The highest BCUT2D eigenvalue weighted by Gasteiger charge is 2.44. The number of amides is 5. The summed E-state index contributed by atoms with van der Waals surface area (Å²) in [5.74, 6) is 0.238. The van der Waals surface area contributed by atoms with Gasteiger partial charge in [-0.25, -0.2) is 4.79 Å². The number of urea groups is 1. The minimum Gasteiger partial charge on any atom is -0.345 e. The molecule has 4 atom stereocenters. The molecule has 0 aromatic rings. The van der Waals surface area contributed by atoms with Crippen molar-refractivity contribution >= 4 is 41.3 Å². The summed E-state index contributed by atoms with van der Waals surface area (Å²) in [5, 5.41) is 12.3. The van der Waals surface area contributed by atoms with Gasteiger partial charge in [0.1, 0.15) is 18.1 Å². The first-order valence-electron chi connectivity index (χ1n) is 18.3. The highest BCUT2D eigenvalue weighted by Crippen LogP contribution is 2.40. The molecule has 0 spiro atoms. The zero-order valence-corrected chi connectivity index (χ0v) is 30.6. The van der Waals surface area contributed by atoms with Crippen molar-refractivity contribution in [2.75, 3.05) is 12.3 Å². The molecule has 0 radical (unpaired) electrons. The maximum Gasteiger partial charge on any atom is 0.315 e. The summed E-state index contributed by atoms with van der Waals surface area (Å²) in [5.41, 5.74) is -0.759. The lowest BCUT2D eigenvalue weighted by Crippen LogP contribution is -2.63. The van der Waals surface area contributed by atoms with E-state index in [0.717, 1.165) is 82.8 Å². The largest absolute Gasteiger partial charge is 0.345 e. The van der Waals surface area contributed by atoms with Gasteiger partial charge in [-0.05, 0) is 70.1 Å². The third kappa shape index (κ3) is 10.6. The molecule has 4 N–H and O–H groups in total. The van der Waals surface area contributed by atoms with Gasteiger partial charge in [0.15, 0.2) is 5.78 Å². The fourth-order valence-corrected chi connectivity index (χ4v) is 8.76. The fourth-order valence-electron chi connectivity index (χ4n) is 7.69. The molecule has 3 saturated carbocycles. The summed E-state index contributed by atoms with van der Waals surface area (Å²) < 4.78 is 0.0734. The Morgan fingerprint density at radius 1 is 0.851 bits per heavy atom. The topological polar surface area (TPSA) is 137 Å². The van der Waals surface area contributed by atoms with Crippen molar-refractivity contribution in [2.24, 2.45) is 11.3 Å². The third-order valence-electron chi connectivity index (χ3n) is 10.8. The second-order valence-corrected chi connectivity index (χ2v) is 18.1. The van der Waals surface area contributed by atoms with E-state index in [2.05, 4.69) is 49.0 Å². The number of likely N-dealkylation sites (tertiary alicyclic amines) is 1. The maximum atomic E-state index is 14.0. The molecule has 3 unspecified atom stereocenters. The highest BCUT2D eigenvalue weighted by molar-refractivity contribution is 8.00. The Balaban J connectivity index is 1.42. The molecule has 3 aliphatic carbocycles. The lowest BCUT2D eigenvalue weighted by molar-refractivity contribution is -0.142. The van der Waals surface area contributed by atoms with E-state index in [0.29, 0.717) is 31.7 Å². The van der Waals surface area contributed by atoms with Crippen molar-refractivity contribution in [1.82, 2.24) is 26.2 Å². The average molecular weight is 676 g/mol. The molecule has 1 saturated heterocycles. The lowest BCUT2D eigenvalue weighted by atomic mass is 9.70. The number of nitrogens with zero attached hydrogens (tertiary/aromatic N) is 1. The molecule has 10 nitrogen and oxygen atoms in total. The fraction of sp³-hybridized carbons (Fsp3) is 0.861. The number of ketones is 1. The lowest BCUT2D eigenvalue weighted by Gasteiger charge is -2.43. The van der Waals surface area contributed by atoms with Crippen LogP contribution in [0.3, 0.4) is 0 Å². The Morgan fingerprint density at radius 2 is 1.47 bits per heavy atom. The summed E-state index contributed by atoms with van der Waals surface area (Å²) in [4.78, 5) is 68.6. The Labute approximate surface area is 286 Å². The van der Waals surface area contributed by atoms with E-state index in [9.17, 15) is 24.0 Å². The smallest absolute Gasteiger partial charge is 0.315 e. The quantitative estimate of drug-likeness (QED) is 0.211. The highest BCUT2D eigenvalue weighted by atomic mass is 32.2. The van der Waals surface area contributed by atoms with Crippen LogP contribution in [0.5, 0.6) is 0 Å². The number of rotatable bonds is 13. The molecule has 5 amide bonds. The Bertz CT molecular complexity index is 1140. The summed E-state index contributed by atoms with van der Waals surface area (Å²) >= 11 is 1.86. The van der Waals surface area contributed by atoms with Crippen LogP contribution in [0.2, 0.25) is 0 Å². The number of thioether (sulfide) groups is 1. The molecule has 0 aromatic carbocycles. The molecule has 266 valence electrons. The first-order valence-corrected chi connectivity index (χ1v) is 19.2. The summed E-state index contributed by atoms with van der Waals surface area (Å²) in [6, 6.07) is -3.20. The van der Waals surface area contributed by atoms with Gasteiger partial charge in [-0.15, -0.1) is 0 Å². The van der Waals surface area contributed by atoms with Crippen LogP contribution < -0.4 is 21.3 Å². The SMILES string of the molecule is CC(=O)C(CC1CC1)NC(=O)C1CCCN1C(=O)[C@H](C)NC(=O)C(NC(=O)NC1(CSC(C)(C)C)CCCCC1)C1(C)CCCCC1. The molecule has 11 heteroatoms. The number of carbonyl (C=O) groups is 5. The first kappa shape index (κ1) is 37.5. The summed E-state index contributed by atoms with van der Waals surface area (Å²) in [7, 11) is 0. The second kappa shape index (κ2) is 15.9. The van der Waals surface area contributed by atoms with E-state index in [-0.39, 0.29) is 39.8 Å². The van der Waals surface area contributed by atoms with Gasteiger partial charge in [-0.1, -0.05) is 79.1 Å². The van der Waals surface area contributed by atoms with Crippen LogP contribution in [-0.4, -0.2) is 81.2 Å². The van der Waals surface area contributed by atoms with E-state index >= 15 is 0 Å². The van der Waals surface area contributed by atoms with Crippen LogP contribution in [-0.2, 0) is 19.2 Å². The van der Waals surface area contributed by atoms with Gasteiger partial charge >= 0.3 is 6.03 Å². The third-order valence-corrected chi connectivity index (χ3v) is 12.4. The summed E-state index contributed by atoms with van der Waals surface area (Å²) in [6.07, 6.45) is 13.8. The van der Waals surface area contributed by atoms with Gasteiger partial charge in [0.25, 0.3) is 0 Å².